The molecule has 1 aromatic carbocycles. The normalized spacial score (nSPS) is 12.6. The molecule has 1 aliphatic rings. The van der Waals surface area contributed by atoms with Crippen LogP contribution in [-0.4, -0.2) is 44.1 Å². The van der Waals surface area contributed by atoms with Crippen LogP contribution in [-0.2, 0) is 14.4 Å². The van der Waals surface area contributed by atoms with Crippen LogP contribution in [0.1, 0.15) is 19.4 Å². The van der Waals surface area contributed by atoms with Gasteiger partial charge in [0.25, 0.3) is 5.91 Å². The van der Waals surface area contributed by atoms with Crippen molar-refractivity contribution in [1.29, 1.82) is 0 Å². The fourth-order valence-corrected chi connectivity index (χ4v) is 2.11. The second-order valence-electron chi connectivity index (χ2n) is 5.65. The molecule has 0 fully saturated rings. The molecule has 1 aromatic rings. The molecule has 1 heterocycles. The molecule has 3 amide bonds. The Morgan fingerprint density at radius 3 is 2.54 bits per heavy atom. The SMILES string of the molecule is COc1cc(/C=C/C(=O)NNC(=O)C(=O)NC(C)C)cc2c1OCCO2. The van der Waals surface area contributed by atoms with Crippen LogP contribution in [0.15, 0.2) is 18.2 Å². The summed E-state index contributed by atoms with van der Waals surface area (Å²) >= 11 is 0. The van der Waals surface area contributed by atoms with Crippen LogP contribution in [0, 0.1) is 0 Å². The number of carbonyl (C=O) groups excluding carboxylic acids is 3. The van der Waals surface area contributed by atoms with Crippen molar-refractivity contribution < 1.29 is 28.6 Å². The number of amides is 3. The van der Waals surface area contributed by atoms with Crippen molar-refractivity contribution in [3.8, 4) is 17.2 Å². The monoisotopic (exact) mass is 363 g/mol. The fourth-order valence-electron chi connectivity index (χ4n) is 2.11. The Morgan fingerprint density at radius 2 is 1.85 bits per heavy atom. The Hall–Kier alpha value is -3.23. The number of hydrazine groups is 1. The molecule has 0 saturated carbocycles. The number of carbonyl (C=O) groups is 3. The summed E-state index contributed by atoms with van der Waals surface area (Å²) in [5.74, 6) is -0.870. The van der Waals surface area contributed by atoms with Gasteiger partial charge in [-0.15, -0.1) is 0 Å². The molecule has 1 aliphatic heterocycles. The largest absolute Gasteiger partial charge is 0.493 e. The maximum atomic E-state index is 11.8. The van der Waals surface area contributed by atoms with E-state index in [0.717, 1.165) is 0 Å². The van der Waals surface area contributed by atoms with Crippen molar-refractivity contribution in [1.82, 2.24) is 16.2 Å². The van der Waals surface area contributed by atoms with Gasteiger partial charge in [0.15, 0.2) is 11.5 Å². The minimum atomic E-state index is -0.957. The highest BCUT2D eigenvalue weighted by Crippen LogP contribution is 2.40. The zero-order chi connectivity index (χ0) is 19.1. The number of hydrogen-bond acceptors (Lipinski definition) is 6. The molecule has 0 atom stereocenters. The fraction of sp³-hybridized carbons (Fsp3) is 0.353. The Labute approximate surface area is 150 Å². The molecule has 0 aliphatic carbocycles. The molecule has 140 valence electrons. The molecular formula is C17H21N3O6. The lowest BCUT2D eigenvalue weighted by molar-refractivity contribution is -0.140. The molecular weight excluding hydrogens is 342 g/mol. The van der Waals surface area contributed by atoms with E-state index in [-0.39, 0.29) is 6.04 Å². The Kier molecular flexibility index (Phi) is 6.42. The second kappa shape index (κ2) is 8.75. The molecule has 9 heteroatoms. The van der Waals surface area contributed by atoms with Gasteiger partial charge < -0.3 is 19.5 Å². The summed E-state index contributed by atoms with van der Waals surface area (Å²) in [7, 11) is 1.51. The molecule has 9 nitrogen and oxygen atoms in total. The summed E-state index contributed by atoms with van der Waals surface area (Å²) in [6.07, 6.45) is 2.71. The Balaban J connectivity index is 1.95. The van der Waals surface area contributed by atoms with Gasteiger partial charge in [0, 0.05) is 12.1 Å². The number of nitrogens with one attached hydrogen (secondary N) is 3. The number of ether oxygens (including phenoxy) is 3. The Morgan fingerprint density at radius 1 is 1.12 bits per heavy atom. The van der Waals surface area contributed by atoms with Gasteiger partial charge in [-0.25, -0.2) is 0 Å². The van der Waals surface area contributed by atoms with Crippen molar-refractivity contribution in [2.45, 2.75) is 19.9 Å². The summed E-state index contributed by atoms with van der Waals surface area (Å²) in [6, 6.07) is 3.20. The van der Waals surface area contributed by atoms with Gasteiger partial charge in [-0.2, -0.15) is 0 Å². The third kappa shape index (κ3) is 5.13. The number of hydrogen-bond donors (Lipinski definition) is 3. The molecule has 0 spiro atoms. The maximum absolute atomic E-state index is 11.8. The summed E-state index contributed by atoms with van der Waals surface area (Å²) in [5, 5.41) is 2.41. The van der Waals surface area contributed by atoms with Crippen LogP contribution in [0.3, 0.4) is 0 Å². The molecule has 0 saturated heterocycles. The first kappa shape index (κ1) is 19.1. The summed E-state index contributed by atoms with van der Waals surface area (Å²) in [4.78, 5) is 34.7. The zero-order valence-corrected chi connectivity index (χ0v) is 14.8. The van der Waals surface area contributed by atoms with Crippen LogP contribution < -0.4 is 30.4 Å². The molecule has 0 unspecified atom stereocenters. The van der Waals surface area contributed by atoms with E-state index in [4.69, 9.17) is 14.2 Å². The van der Waals surface area contributed by atoms with Gasteiger partial charge in [0.2, 0.25) is 5.75 Å². The summed E-state index contributed by atoms with van der Waals surface area (Å²) in [5.41, 5.74) is 4.79. The van der Waals surface area contributed by atoms with E-state index in [0.29, 0.717) is 36.0 Å². The third-order valence-electron chi connectivity index (χ3n) is 3.20. The van der Waals surface area contributed by atoms with E-state index >= 15 is 0 Å². The van der Waals surface area contributed by atoms with Gasteiger partial charge in [0.05, 0.1) is 7.11 Å². The van der Waals surface area contributed by atoms with E-state index in [2.05, 4.69) is 10.7 Å². The van der Waals surface area contributed by atoms with Crippen LogP contribution in [0.25, 0.3) is 6.08 Å². The molecule has 26 heavy (non-hydrogen) atoms. The smallest absolute Gasteiger partial charge is 0.327 e. The van der Waals surface area contributed by atoms with Crippen LogP contribution in [0.4, 0.5) is 0 Å². The summed E-state index contributed by atoms with van der Waals surface area (Å²) in [6.45, 7) is 4.29. The minimum Gasteiger partial charge on any atom is -0.493 e. The van der Waals surface area contributed by atoms with Gasteiger partial charge >= 0.3 is 11.8 Å². The second-order valence-corrected chi connectivity index (χ2v) is 5.65. The topological polar surface area (TPSA) is 115 Å². The maximum Gasteiger partial charge on any atom is 0.327 e. The zero-order valence-electron chi connectivity index (χ0n) is 14.8. The van der Waals surface area contributed by atoms with E-state index < -0.39 is 17.7 Å². The third-order valence-corrected chi connectivity index (χ3v) is 3.20. The van der Waals surface area contributed by atoms with Crippen LogP contribution in [0.5, 0.6) is 17.2 Å². The van der Waals surface area contributed by atoms with E-state index in [9.17, 15) is 14.4 Å². The van der Waals surface area contributed by atoms with Crippen molar-refractivity contribution >= 4 is 23.8 Å². The summed E-state index contributed by atoms with van der Waals surface area (Å²) < 4.78 is 16.3. The predicted octanol–water partition coefficient (Wildman–Crippen LogP) is 0.152. The van der Waals surface area contributed by atoms with Crippen molar-refractivity contribution in [3.63, 3.8) is 0 Å². The number of fused-ring (bicyclic) bond motifs is 1. The van der Waals surface area contributed by atoms with Gasteiger partial charge in [-0.05, 0) is 37.6 Å². The standard InChI is InChI=1S/C17H21N3O6/c1-10(2)18-16(22)17(23)20-19-14(21)5-4-11-8-12(24-3)15-13(9-11)25-6-7-26-15/h4-5,8-10H,6-7H2,1-3H3,(H,18,22)(H,19,21)(H,20,23)/b5-4+. The van der Waals surface area contributed by atoms with E-state index in [1.165, 1.54) is 19.3 Å². The lowest BCUT2D eigenvalue weighted by Gasteiger charge is -2.20. The average Bonchev–Trinajstić information content (AvgIpc) is 2.62. The average molecular weight is 363 g/mol. The van der Waals surface area contributed by atoms with E-state index in [1.54, 1.807) is 26.0 Å². The molecule has 0 radical (unpaired) electrons. The van der Waals surface area contributed by atoms with Crippen LogP contribution >= 0.6 is 0 Å². The number of methoxy groups -OCH3 is 1. The lowest BCUT2D eigenvalue weighted by Crippen LogP contribution is -2.49. The first-order valence-electron chi connectivity index (χ1n) is 7.97. The highest BCUT2D eigenvalue weighted by atomic mass is 16.6. The van der Waals surface area contributed by atoms with Gasteiger partial charge in [-0.3, -0.25) is 25.2 Å². The van der Waals surface area contributed by atoms with E-state index in [1.807, 2.05) is 5.43 Å². The minimum absolute atomic E-state index is 0.186. The molecule has 3 N–H and O–H groups in total. The number of benzene rings is 1. The number of rotatable bonds is 4. The molecule has 0 bridgehead atoms. The highest BCUT2D eigenvalue weighted by molar-refractivity contribution is 6.35. The Bertz CT molecular complexity index is 712. The van der Waals surface area contributed by atoms with Crippen LogP contribution in [0.2, 0.25) is 0 Å². The van der Waals surface area contributed by atoms with Gasteiger partial charge in [-0.1, -0.05) is 0 Å². The van der Waals surface area contributed by atoms with Gasteiger partial charge in [0.1, 0.15) is 13.2 Å². The molecule has 2 rings (SSSR count). The highest BCUT2D eigenvalue weighted by Gasteiger charge is 2.18. The van der Waals surface area contributed by atoms with Crippen molar-refractivity contribution in [3.05, 3.63) is 23.8 Å². The predicted molar refractivity (Wildman–Crippen MR) is 92.6 cm³/mol. The van der Waals surface area contributed by atoms with Crippen molar-refractivity contribution in [2.75, 3.05) is 20.3 Å². The first-order chi connectivity index (χ1) is 12.4. The first-order valence-corrected chi connectivity index (χ1v) is 7.97. The van der Waals surface area contributed by atoms with Crippen molar-refractivity contribution in [2.24, 2.45) is 0 Å². The molecule has 0 aromatic heterocycles. The quantitative estimate of drug-likeness (QED) is 0.399. The lowest BCUT2D eigenvalue weighted by atomic mass is 10.1.